The number of nitrogens with zero attached hydrogens (tertiary/aromatic N) is 6. The Balaban J connectivity index is 0.000000215. The Morgan fingerprint density at radius 3 is 1.53 bits per heavy atom. The molecule has 7 rings (SSSR count). The molecule has 0 spiro atoms. The number of hydrogen-bond donors (Lipinski definition) is 2. The topological polar surface area (TPSA) is 224 Å². The van der Waals surface area contributed by atoms with E-state index in [0.717, 1.165) is 11.0 Å². The van der Waals surface area contributed by atoms with Gasteiger partial charge in [-0.3, -0.25) is 28.8 Å². The van der Waals surface area contributed by atoms with Crippen molar-refractivity contribution in [2.45, 2.75) is 105 Å². The number of aromatic nitrogens is 4. The van der Waals surface area contributed by atoms with Gasteiger partial charge in [0.25, 0.3) is 11.1 Å². The first-order valence-corrected chi connectivity index (χ1v) is 23.2. The molecular formula is C44H48BBrCl4N8O10. The first-order valence-electron chi connectivity index (χ1n) is 20.8. The summed E-state index contributed by atoms with van der Waals surface area (Å²) in [4.78, 5) is 68.9. The van der Waals surface area contributed by atoms with E-state index in [1.165, 1.54) is 22.5 Å². The third kappa shape index (κ3) is 11.9. The molecule has 24 heteroatoms. The zero-order chi connectivity index (χ0) is 50.9. The minimum atomic E-state index is -0.595. The van der Waals surface area contributed by atoms with Crippen molar-refractivity contribution in [1.82, 2.24) is 30.4 Å². The summed E-state index contributed by atoms with van der Waals surface area (Å²) in [5.74, 6) is -0.735. The molecule has 0 aliphatic carbocycles. The molecule has 5 heterocycles. The van der Waals surface area contributed by atoms with Crippen molar-refractivity contribution < 1.29 is 38.0 Å². The molecule has 362 valence electrons. The van der Waals surface area contributed by atoms with Crippen LogP contribution in [0.2, 0.25) is 20.1 Å². The number of aryl methyl sites for hydroxylation is 2. The molecule has 0 radical (unpaired) electrons. The number of hydrazone groups is 2. The molecule has 2 amide bonds. The number of carbonyl (C=O) groups excluding carboxylic acids is 4. The molecule has 68 heavy (non-hydrogen) atoms. The van der Waals surface area contributed by atoms with Gasteiger partial charge in [-0.1, -0.05) is 74.1 Å². The van der Waals surface area contributed by atoms with Crippen LogP contribution in [0, 0.1) is 13.8 Å². The number of benzene rings is 2. The van der Waals surface area contributed by atoms with Gasteiger partial charge in [0.2, 0.25) is 23.6 Å². The lowest BCUT2D eigenvalue weighted by Crippen LogP contribution is -2.41. The molecule has 0 unspecified atom stereocenters. The number of nitrogens with one attached hydrogen (secondary N) is 2. The van der Waals surface area contributed by atoms with Crippen LogP contribution in [-0.2, 0) is 42.6 Å². The lowest BCUT2D eigenvalue weighted by atomic mass is 9.76. The molecule has 0 atom stereocenters. The van der Waals surface area contributed by atoms with Crippen LogP contribution in [0.1, 0.15) is 108 Å². The van der Waals surface area contributed by atoms with E-state index in [1.807, 2.05) is 62.3 Å². The maximum atomic E-state index is 12.3. The molecule has 1 saturated heterocycles. The van der Waals surface area contributed by atoms with Gasteiger partial charge in [-0.05, 0) is 98.0 Å². The van der Waals surface area contributed by atoms with Crippen LogP contribution < -0.4 is 36.9 Å². The first-order chi connectivity index (χ1) is 31.5. The second-order valence-electron chi connectivity index (χ2n) is 17.4. The van der Waals surface area contributed by atoms with Gasteiger partial charge >= 0.3 is 7.12 Å². The monoisotopic (exact) mass is 1080 g/mol. The SMILES string of the molecule is Cc1c(B2OC(C)(C)C(C)(C)O2)cc(Cl)c(Oc2cc(C(C)C)c(=O)n(C)n2)c1Cl.Cc1c(C2=NNC(=O)CC2=O)cc(Cl)c(Oc2cc(C(C)C)c(=O)n(C)n2)c1Cl.O=C1CC(=O)C(Br)=NN1. The molecule has 18 nitrogen and oxygen atoms in total. The smallest absolute Gasteiger partial charge is 0.434 e. The molecule has 2 N–H and O–H groups in total. The Labute approximate surface area is 420 Å². The van der Waals surface area contributed by atoms with Crippen molar-refractivity contribution in [3.63, 3.8) is 0 Å². The van der Waals surface area contributed by atoms with Crippen molar-refractivity contribution >= 4 is 109 Å². The summed E-state index contributed by atoms with van der Waals surface area (Å²) in [7, 11) is 2.51. The molecule has 1 fully saturated rings. The maximum Gasteiger partial charge on any atom is 0.495 e. The quantitative estimate of drug-likeness (QED) is 0.129. The van der Waals surface area contributed by atoms with Crippen LogP contribution in [0.15, 0.2) is 44.1 Å². The Bertz CT molecular complexity index is 2900. The highest BCUT2D eigenvalue weighted by Gasteiger charge is 2.52. The maximum absolute atomic E-state index is 12.3. The molecule has 3 aliphatic rings. The number of ketones is 2. The number of amides is 2. The summed E-state index contributed by atoms with van der Waals surface area (Å²) in [6.07, 6.45) is -0.407. The van der Waals surface area contributed by atoms with Crippen molar-refractivity contribution in [3.8, 4) is 23.3 Å². The molecule has 2 aromatic carbocycles. The van der Waals surface area contributed by atoms with Crippen molar-refractivity contribution in [1.29, 1.82) is 0 Å². The fourth-order valence-corrected chi connectivity index (χ4v) is 7.80. The minimum absolute atomic E-state index is 0.0208. The highest BCUT2D eigenvalue weighted by Crippen LogP contribution is 2.42. The number of rotatable bonds is 8. The van der Waals surface area contributed by atoms with Crippen molar-refractivity contribution in [2.75, 3.05) is 0 Å². The third-order valence-electron chi connectivity index (χ3n) is 11.1. The zero-order valence-electron chi connectivity index (χ0n) is 39.1. The van der Waals surface area contributed by atoms with Crippen LogP contribution in [0.3, 0.4) is 0 Å². The van der Waals surface area contributed by atoms with E-state index < -0.39 is 30.0 Å². The Hall–Kier alpha value is -4.96. The third-order valence-corrected chi connectivity index (χ3v) is 13.2. The normalized spacial score (nSPS) is 16.3. The molecule has 4 aromatic rings. The molecular weight excluding hydrogens is 1030 g/mol. The Morgan fingerprint density at radius 1 is 0.676 bits per heavy atom. The van der Waals surface area contributed by atoms with Crippen LogP contribution in [0.4, 0.5) is 0 Å². The molecule has 2 aromatic heterocycles. The average Bonchev–Trinajstić information content (AvgIpc) is 3.47. The summed E-state index contributed by atoms with van der Waals surface area (Å²) in [5, 5.41) is 16.4. The van der Waals surface area contributed by atoms with Crippen LogP contribution in [-0.4, -0.2) is 71.6 Å². The number of halogens is 5. The summed E-state index contributed by atoms with van der Waals surface area (Å²) < 4.78 is 26.6. The minimum Gasteiger partial charge on any atom is -0.434 e. The second-order valence-corrected chi connectivity index (χ2v) is 19.7. The number of carbonyl (C=O) groups is 4. The average molecular weight is 1080 g/mol. The van der Waals surface area contributed by atoms with E-state index in [9.17, 15) is 28.8 Å². The first kappa shape index (κ1) is 54.0. The fourth-order valence-electron chi connectivity index (χ4n) is 6.49. The van der Waals surface area contributed by atoms with Gasteiger partial charge in [-0.2, -0.15) is 10.2 Å². The number of ether oxygens (including phenoxy) is 2. The molecule has 3 aliphatic heterocycles. The fraction of sp³-hybridized carbons (Fsp3) is 0.409. The van der Waals surface area contributed by atoms with Gasteiger partial charge in [0.1, 0.15) is 5.71 Å². The van der Waals surface area contributed by atoms with Gasteiger partial charge in [0, 0.05) is 42.9 Å². The van der Waals surface area contributed by atoms with E-state index in [0.29, 0.717) is 32.3 Å². The van der Waals surface area contributed by atoms with Gasteiger partial charge in [-0.25, -0.2) is 20.2 Å². The predicted octanol–water partition coefficient (Wildman–Crippen LogP) is 7.50. The highest BCUT2D eigenvalue weighted by molar-refractivity contribution is 9.19. The van der Waals surface area contributed by atoms with Crippen LogP contribution in [0.25, 0.3) is 0 Å². The van der Waals surface area contributed by atoms with E-state index in [4.69, 9.17) is 65.2 Å². The second kappa shape index (κ2) is 21.4. The van der Waals surface area contributed by atoms with Gasteiger partial charge in [0.05, 0.1) is 44.1 Å². The summed E-state index contributed by atoms with van der Waals surface area (Å²) in [6.45, 7) is 19.1. The Kier molecular flexibility index (Phi) is 17.0. The lowest BCUT2D eigenvalue weighted by molar-refractivity contribution is -0.127. The summed E-state index contributed by atoms with van der Waals surface area (Å²) >= 11 is 28.9. The zero-order valence-corrected chi connectivity index (χ0v) is 43.7. The summed E-state index contributed by atoms with van der Waals surface area (Å²) in [6, 6.07) is 6.41. The largest absolute Gasteiger partial charge is 0.495 e. The van der Waals surface area contributed by atoms with E-state index in [2.05, 4.69) is 47.2 Å². The van der Waals surface area contributed by atoms with Crippen molar-refractivity contribution in [2.24, 2.45) is 24.3 Å². The van der Waals surface area contributed by atoms with Crippen molar-refractivity contribution in [3.05, 3.63) is 92.9 Å². The summed E-state index contributed by atoms with van der Waals surface area (Å²) in [5.41, 5.74) is 6.66. The lowest BCUT2D eigenvalue weighted by Gasteiger charge is -2.32. The number of Topliss-reactive ketones (excluding diaryl/α,β-unsaturated/α-hetero) is 2. The van der Waals surface area contributed by atoms with E-state index in [1.54, 1.807) is 32.2 Å². The standard InChI is InChI=1S/C21H27BCl2N2O4.C19H18Cl2N4O4.C4H3BrN2O2/c1-11(2)13-9-16(25-26(8)19(13)27)28-18-15(23)10-14(12(3)17(18)24)22-29-20(4,5)21(6,7)30-22;1-8(2)10-6-15(24-25(4)19(10)28)29-18-12(20)5-11(9(3)16(18)21)17-13(26)7-14(27)22-23-17;5-4-2(8)1-3(9)6-7-4/h9-11H,1-8H3;5-6,8H,7H2,1-4H3,(H,22,27);1H2,(H,6,9). The van der Waals surface area contributed by atoms with Gasteiger partial charge in [-0.15, -0.1) is 10.2 Å². The van der Waals surface area contributed by atoms with Crippen LogP contribution in [0.5, 0.6) is 23.3 Å². The van der Waals surface area contributed by atoms with Gasteiger partial charge in [0.15, 0.2) is 27.7 Å². The number of hydrogen-bond acceptors (Lipinski definition) is 14. The highest BCUT2D eigenvalue weighted by atomic mass is 79.9. The molecule has 0 bridgehead atoms. The van der Waals surface area contributed by atoms with E-state index >= 15 is 0 Å². The van der Waals surface area contributed by atoms with Crippen LogP contribution >= 0.6 is 62.3 Å². The Morgan fingerprint density at radius 2 is 1.10 bits per heavy atom. The van der Waals surface area contributed by atoms with E-state index in [-0.39, 0.29) is 91.1 Å². The van der Waals surface area contributed by atoms with Gasteiger partial charge < -0.3 is 18.8 Å². The molecule has 0 saturated carbocycles. The predicted molar refractivity (Wildman–Crippen MR) is 264 cm³/mol.